The molecule has 9 heteroatoms. The number of nitrogens with one attached hydrogen (secondary N) is 1. The third kappa shape index (κ3) is 4.61. The highest BCUT2D eigenvalue weighted by molar-refractivity contribution is 7.14. The molecule has 3 aliphatic heterocycles. The number of carbonyl (C=O) groups excluding carboxylic acids is 2. The first kappa shape index (κ1) is 22.5. The normalized spacial score (nSPS) is 21.3. The van der Waals surface area contributed by atoms with Crippen LogP contribution in [0.3, 0.4) is 0 Å². The van der Waals surface area contributed by atoms with Crippen LogP contribution < -0.4 is 5.32 Å². The van der Waals surface area contributed by atoms with Crippen LogP contribution in [0.1, 0.15) is 39.4 Å². The molecule has 2 fully saturated rings. The molecule has 0 saturated carbocycles. The van der Waals surface area contributed by atoms with E-state index in [-0.39, 0.29) is 36.4 Å². The van der Waals surface area contributed by atoms with Crippen molar-refractivity contribution >= 4 is 35.6 Å². The van der Waals surface area contributed by atoms with Gasteiger partial charge in [0.2, 0.25) is 5.91 Å². The summed E-state index contributed by atoms with van der Waals surface area (Å²) in [7, 11) is 1.53. The van der Waals surface area contributed by atoms with Gasteiger partial charge in [-0.2, -0.15) is 0 Å². The summed E-state index contributed by atoms with van der Waals surface area (Å²) in [5.41, 5.74) is 1.08. The van der Waals surface area contributed by atoms with Crippen LogP contribution in [0, 0.1) is 0 Å². The Labute approximate surface area is 182 Å². The lowest BCUT2D eigenvalue weighted by molar-refractivity contribution is -0.135. The number of halogens is 1. The minimum Gasteiger partial charge on any atom is -0.375 e. The highest BCUT2D eigenvalue weighted by Gasteiger charge is 2.41. The fourth-order valence-corrected chi connectivity index (χ4v) is 5.85. The van der Waals surface area contributed by atoms with E-state index in [2.05, 4.69) is 11.4 Å². The molecular weight excluding hydrogens is 414 g/mol. The number of fused-ring (bicyclic) bond motifs is 2. The summed E-state index contributed by atoms with van der Waals surface area (Å²) < 4.78 is 11.2. The second-order valence-corrected chi connectivity index (χ2v) is 8.82. The molecule has 4 heterocycles. The number of carbonyl (C=O) groups is 2. The number of methoxy groups -OCH3 is 1. The number of piperidine rings is 1. The first-order chi connectivity index (χ1) is 13.6. The van der Waals surface area contributed by atoms with Crippen molar-refractivity contribution in [3.63, 3.8) is 0 Å². The molecule has 0 aliphatic carbocycles. The van der Waals surface area contributed by atoms with Gasteiger partial charge in [-0.15, -0.1) is 23.7 Å². The maximum Gasteiger partial charge on any atom is 0.264 e. The monoisotopic (exact) mass is 443 g/mol. The number of hydrogen-bond acceptors (Lipinski definition) is 6. The van der Waals surface area contributed by atoms with Crippen LogP contribution in [-0.2, 0) is 26.3 Å². The van der Waals surface area contributed by atoms with Gasteiger partial charge in [0, 0.05) is 38.2 Å². The average molecular weight is 444 g/mol. The number of nitrogens with zero attached hydrogens (tertiary/aromatic N) is 2. The van der Waals surface area contributed by atoms with Gasteiger partial charge in [-0.1, -0.05) is 0 Å². The zero-order valence-corrected chi connectivity index (χ0v) is 18.5. The fraction of sp³-hybridized carbons (Fsp3) is 0.700. The zero-order chi connectivity index (χ0) is 19.6. The summed E-state index contributed by atoms with van der Waals surface area (Å²) in [6.07, 6.45) is 3.61. The lowest BCUT2D eigenvalue weighted by Crippen LogP contribution is -2.44. The molecule has 4 rings (SSSR count). The van der Waals surface area contributed by atoms with Gasteiger partial charge in [0.25, 0.3) is 5.91 Å². The Hall–Kier alpha value is -1.19. The molecule has 1 N–H and O–H groups in total. The molecule has 2 amide bonds. The van der Waals surface area contributed by atoms with Gasteiger partial charge in [-0.25, -0.2) is 0 Å². The van der Waals surface area contributed by atoms with E-state index < -0.39 is 0 Å². The second-order valence-electron chi connectivity index (χ2n) is 7.77. The third-order valence-corrected chi connectivity index (χ3v) is 7.35. The highest BCUT2D eigenvalue weighted by Crippen LogP contribution is 2.44. The Bertz CT molecular complexity index is 735. The van der Waals surface area contributed by atoms with Crippen LogP contribution in [0.15, 0.2) is 6.07 Å². The Morgan fingerprint density at radius 3 is 2.69 bits per heavy atom. The molecule has 0 radical (unpaired) electrons. The zero-order valence-electron chi connectivity index (χ0n) is 16.9. The second kappa shape index (κ2) is 9.75. The molecule has 3 aliphatic rings. The van der Waals surface area contributed by atoms with Crippen molar-refractivity contribution < 1.29 is 19.1 Å². The van der Waals surface area contributed by atoms with Gasteiger partial charge in [0.1, 0.15) is 12.2 Å². The van der Waals surface area contributed by atoms with Crippen molar-refractivity contribution in [3.8, 4) is 0 Å². The quantitative estimate of drug-likeness (QED) is 0.769. The predicted molar refractivity (Wildman–Crippen MR) is 114 cm³/mol. The Balaban J connectivity index is 0.00000240. The first-order valence-electron chi connectivity index (χ1n) is 10.2. The van der Waals surface area contributed by atoms with Crippen molar-refractivity contribution in [2.45, 2.75) is 31.3 Å². The number of rotatable bonds is 3. The number of ether oxygens (including phenoxy) is 2. The largest absolute Gasteiger partial charge is 0.375 e. The van der Waals surface area contributed by atoms with E-state index in [1.165, 1.54) is 17.6 Å². The smallest absolute Gasteiger partial charge is 0.264 e. The number of thiophene rings is 1. The van der Waals surface area contributed by atoms with Crippen molar-refractivity contribution in [2.24, 2.45) is 0 Å². The Morgan fingerprint density at radius 1 is 1.21 bits per heavy atom. The number of hydrogen-bond donors (Lipinski definition) is 1. The molecule has 0 bridgehead atoms. The van der Waals surface area contributed by atoms with E-state index in [0.717, 1.165) is 50.3 Å². The molecule has 29 heavy (non-hydrogen) atoms. The lowest BCUT2D eigenvalue weighted by atomic mass is 9.86. The van der Waals surface area contributed by atoms with Crippen LogP contribution in [0.25, 0.3) is 0 Å². The molecule has 7 nitrogen and oxygen atoms in total. The van der Waals surface area contributed by atoms with Crippen LogP contribution >= 0.6 is 23.7 Å². The Kier molecular flexibility index (Phi) is 7.56. The number of amides is 2. The van der Waals surface area contributed by atoms with Gasteiger partial charge in [-0.05, 0) is 50.4 Å². The molecule has 2 saturated heterocycles. The maximum absolute atomic E-state index is 13.2. The minimum atomic E-state index is -0.204. The van der Waals surface area contributed by atoms with Gasteiger partial charge in [-0.3, -0.25) is 9.59 Å². The summed E-state index contributed by atoms with van der Waals surface area (Å²) >= 11 is 1.62. The summed E-state index contributed by atoms with van der Waals surface area (Å²) in [6, 6.07) is 2.09. The van der Waals surface area contributed by atoms with Crippen LogP contribution in [0.2, 0.25) is 0 Å². The summed E-state index contributed by atoms with van der Waals surface area (Å²) in [6.45, 7) is 5.25. The predicted octanol–water partition coefficient (Wildman–Crippen LogP) is 1.64. The van der Waals surface area contributed by atoms with Gasteiger partial charge >= 0.3 is 0 Å². The summed E-state index contributed by atoms with van der Waals surface area (Å²) in [5.74, 6) is 0.0814. The van der Waals surface area contributed by atoms with Crippen LogP contribution in [-0.4, -0.2) is 81.2 Å². The highest BCUT2D eigenvalue weighted by atomic mass is 35.5. The minimum absolute atomic E-state index is 0. The maximum atomic E-state index is 13.2. The molecule has 162 valence electrons. The average Bonchev–Trinajstić information content (AvgIpc) is 3.00. The summed E-state index contributed by atoms with van der Waals surface area (Å²) in [4.78, 5) is 31.0. The van der Waals surface area contributed by atoms with Crippen molar-refractivity contribution in [1.82, 2.24) is 15.1 Å². The first-order valence-corrected chi connectivity index (χ1v) is 11.0. The van der Waals surface area contributed by atoms with Gasteiger partial charge in [0.05, 0.1) is 11.5 Å². The molecule has 1 aromatic rings. The van der Waals surface area contributed by atoms with Crippen molar-refractivity contribution in [1.29, 1.82) is 0 Å². The molecule has 0 unspecified atom stereocenters. The van der Waals surface area contributed by atoms with E-state index in [9.17, 15) is 9.59 Å². The van der Waals surface area contributed by atoms with E-state index in [1.807, 2.05) is 4.90 Å². The molecule has 0 aromatic carbocycles. The SMILES string of the molecule is COCC(=O)N1CCCN(C(=O)c2cc3c(s2)C2(CCNCC2)OCC3)CC1.Cl. The molecular formula is C20H30ClN3O4S. The fourth-order valence-electron chi connectivity index (χ4n) is 4.47. The Morgan fingerprint density at radius 2 is 1.93 bits per heavy atom. The van der Waals surface area contributed by atoms with Gasteiger partial charge < -0.3 is 24.6 Å². The van der Waals surface area contributed by atoms with E-state index in [0.29, 0.717) is 26.2 Å². The summed E-state index contributed by atoms with van der Waals surface area (Å²) in [5, 5.41) is 3.41. The van der Waals surface area contributed by atoms with E-state index >= 15 is 0 Å². The standard InChI is InChI=1S/C20H29N3O4S.ClH/c1-26-14-17(24)22-8-2-9-23(11-10-22)19(25)16-13-15-3-12-27-20(18(15)28-16)4-6-21-7-5-20;/h13,21H,2-12,14H2,1H3;1H. The topological polar surface area (TPSA) is 71.1 Å². The van der Waals surface area contributed by atoms with E-state index in [1.54, 1.807) is 16.2 Å². The van der Waals surface area contributed by atoms with Crippen molar-refractivity contribution in [2.75, 3.05) is 59.6 Å². The third-order valence-electron chi connectivity index (χ3n) is 6.00. The van der Waals surface area contributed by atoms with E-state index in [4.69, 9.17) is 9.47 Å². The van der Waals surface area contributed by atoms with Crippen LogP contribution in [0.4, 0.5) is 0 Å². The molecule has 0 atom stereocenters. The van der Waals surface area contributed by atoms with Crippen molar-refractivity contribution in [3.05, 3.63) is 21.4 Å². The van der Waals surface area contributed by atoms with Crippen LogP contribution in [0.5, 0.6) is 0 Å². The van der Waals surface area contributed by atoms with Gasteiger partial charge in [0.15, 0.2) is 0 Å². The lowest BCUT2D eigenvalue weighted by Gasteiger charge is -2.40. The molecule has 1 aromatic heterocycles. The molecule has 1 spiro atoms.